The molecule has 0 aliphatic carbocycles. The number of rotatable bonds is 5. The summed E-state index contributed by atoms with van der Waals surface area (Å²) in [4.78, 5) is 19.7. The topological polar surface area (TPSA) is 61.3 Å². The molecule has 1 aromatic heterocycles. The lowest BCUT2D eigenvalue weighted by Crippen LogP contribution is -2.15. The van der Waals surface area contributed by atoms with Crippen LogP contribution in [0.4, 0.5) is 13.2 Å². The van der Waals surface area contributed by atoms with E-state index in [1.54, 1.807) is 6.07 Å². The molecule has 0 spiro atoms. The van der Waals surface area contributed by atoms with E-state index in [4.69, 9.17) is 16.3 Å². The Morgan fingerprint density at radius 2 is 1.92 bits per heavy atom. The molecule has 0 radical (unpaired) electrons. The molecule has 0 saturated carbocycles. The van der Waals surface area contributed by atoms with Crippen molar-refractivity contribution in [3.8, 4) is 11.8 Å². The van der Waals surface area contributed by atoms with Crippen LogP contribution >= 0.6 is 27.5 Å². The number of aromatic nitrogens is 2. The van der Waals surface area contributed by atoms with E-state index in [1.807, 2.05) is 0 Å². The number of ether oxygens (including phenoxy) is 2. The van der Waals surface area contributed by atoms with Gasteiger partial charge in [0.1, 0.15) is 17.9 Å². The van der Waals surface area contributed by atoms with E-state index in [9.17, 15) is 18.0 Å². The Labute approximate surface area is 147 Å². The van der Waals surface area contributed by atoms with Crippen LogP contribution in [0.1, 0.15) is 16.8 Å². The zero-order valence-corrected chi connectivity index (χ0v) is 14.2. The predicted molar refractivity (Wildman–Crippen MR) is 82.2 cm³/mol. The summed E-state index contributed by atoms with van der Waals surface area (Å²) in [6.45, 7) is -0.791. The number of hydrogen-bond acceptors (Lipinski definition) is 5. The van der Waals surface area contributed by atoms with E-state index in [1.165, 1.54) is 24.5 Å². The van der Waals surface area contributed by atoms with Crippen molar-refractivity contribution in [2.24, 2.45) is 0 Å². The summed E-state index contributed by atoms with van der Waals surface area (Å²) in [5.74, 6) is -0.931. The van der Waals surface area contributed by atoms with Crippen molar-refractivity contribution in [1.82, 2.24) is 9.97 Å². The molecule has 0 saturated heterocycles. The fraction of sp³-hybridized carbons (Fsp3) is 0.214. The average molecular weight is 426 g/mol. The standard InChI is InChI=1S/C14H9BrClF3N2O3/c15-9-2-1-3-10(24-13-20-6-8(16)7-21-13)11(9)12(22)23-5-4-14(17,18)19/h1-3,6-7H,4-5H2. The van der Waals surface area contributed by atoms with E-state index >= 15 is 0 Å². The Morgan fingerprint density at radius 1 is 1.25 bits per heavy atom. The van der Waals surface area contributed by atoms with Crippen LogP contribution in [0.5, 0.6) is 11.8 Å². The molecule has 0 atom stereocenters. The Morgan fingerprint density at radius 3 is 2.54 bits per heavy atom. The Kier molecular flexibility index (Phi) is 6.00. The molecule has 5 nitrogen and oxygen atoms in total. The van der Waals surface area contributed by atoms with E-state index in [0.29, 0.717) is 9.50 Å². The highest BCUT2D eigenvalue weighted by atomic mass is 79.9. The molecule has 2 rings (SSSR count). The first-order chi connectivity index (χ1) is 11.3. The smallest absolute Gasteiger partial charge is 0.392 e. The molecule has 0 bridgehead atoms. The number of carbonyl (C=O) groups excluding carboxylic acids is 1. The number of esters is 1. The van der Waals surface area contributed by atoms with Crippen molar-refractivity contribution in [3.05, 3.63) is 45.7 Å². The lowest BCUT2D eigenvalue weighted by atomic mass is 10.2. The molecule has 0 aliphatic rings. The SMILES string of the molecule is O=C(OCCC(F)(F)F)c1c(Br)cccc1Oc1ncc(Cl)cn1. The molecule has 0 fully saturated rings. The number of alkyl halides is 3. The molecule has 0 aliphatic heterocycles. The van der Waals surface area contributed by atoms with Crippen LogP contribution < -0.4 is 4.74 Å². The van der Waals surface area contributed by atoms with Gasteiger partial charge in [0.2, 0.25) is 0 Å². The van der Waals surface area contributed by atoms with Gasteiger partial charge in [-0.3, -0.25) is 0 Å². The van der Waals surface area contributed by atoms with Gasteiger partial charge < -0.3 is 9.47 Å². The first kappa shape index (κ1) is 18.5. The molecule has 128 valence electrons. The normalized spacial score (nSPS) is 11.2. The molecule has 10 heteroatoms. The number of hydrogen-bond donors (Lipinski definition) is 0. The third-order valence-electron chi connectivity index (χ3n) is 2.60. The summed E-state index contributed by atoms with van der Waals surface area (Å²) in [5, 5.41) is 0.295. The first-order valence-corrected chi connectivity index (χ1v) is 7.61. The predicted octanol–water partition coefficient (Wildman–Crippen LogP) is 4.79. The number of halogens is 5. The average Bonchev–Trinajstić information content (AvgIpc) is 2.48. The minimum atomic E-state index is -4.41. The van der Waals surface area contributed by atoms with Crippen molar-refractivity contribution in [1.29, 1.82) is 0 Å². The van der Waals surface area contributed by atoms with Crippen LogP contribution in [-0.2, 0) is 4.74 Å². The summed E-state index contributed by atoms with van der Waals surface area (Å²) in [6.07, 6.45) is -3.06. The highest BCUT2D eigenvalue weighted by Gasteiger charge is 2.28. The van der Waals surface area contributed by atoms with Crippen molar-refractivity contribution in [3.63, 3.8) is 0 Å². The van der Waals surface area contributed by atoms with E-state index in [0.717, 1.165) is 0 Å². The first-order valence-electron chi connectivity index (χ1n) is 6.44. The highest BCUT2D eigenvalue weighted by molar-refractivity contribution is 9.10. The summed E-state index contributed by atoms with van der Waals surface area (Å²) >= 11 is 8.80. The van der Waals surface area contributed by atoms with Gasteiger partial charge in [0.15, 0.2) is 0 Å². The minimum Gasteiger partial charge on any atom is -0.462 e. The van der Waals surface area contributed by atoms with Crippen LogP contribution in [0.15, 0.2) is 35.1 Å². The van der Waals surface area contributed by atoms with Gasteiger partial charge in [-0.25, -0.2) is 14.8 Å². The molecular weight excluding hydrogens is 417 g/mol. The van der Waals surface area contributed by atoms with Gasteiger partial charge in [-0.15, -0.1) is 0 Å². The molecule has 0 unspecified atom stereocenters. The van der Waals surface area contributed by atoms with E-state index in [2.05, 4.69) is 30.6 Å². The van der Waals surface area contributed by atoms with Gasteiger partial charge in [-0.05, 0) is 28.1 Å². The summed E-state index contributed by atoms with van der Waals surface area (Å²) in [5.41, 5.74) is -0.0711. The molecular formula is C14H9BrClF3N2O3. The fourth-order valence-electron chi connectivity index (χ4n) is 1.57. The van der Waals surface area contributed by atoms with Crippen LogP contribution in [-0.4, -0.2) is 28.7 Å². The largest absolute Gasteiger partial charge is 0.462 e. The maximum absolute atomic E-state index is 12.1. The molecule has 24 heavy (non-hydrogen) atoms. The highest BCUT2D eigenvalue weighted by Crippen LogP contribution is 2.30. The van der Waals surface area contributed by atoms with Crippen molar-refractivity contribution in [2.75, 3.05) is 6.61 Å². The molecule has 0 amide bonds. The van der Waals surface area contributed by atoms with Crippen molar-refractivity contribution >= 4 is 33.5 Å². The monoisotopic (exact) mass is 424 g/mol. The number of carbonyl (C=O) groups is 1. The van der Waals surface area contributed by atoms with Gasteiger partial charge in [0.05, 0.1) is 23.8 Å². The maximum atomic E-state index is 12.1. The van der Waals surface area contributed by atoms with Crippen LogP contribution in [0.25, 0.3) is 0 Å². The van der Waals surface area contributed by atoms with E-state index < -0.39 is 25.2 Å². The van der Waals surface area contributed by atoms with Crippen molar-refractivity contribution in [2.45, 2.75) is 12.6 Å². The van der Waals surface area contributed by atoms with Gasteiger partial charge in [0, 0.05) is 4.47 Å². The zero-order chi connectivity index (χ0) is 17.7. The second kappa shape index (κ2) is 7.80. The minimum absolute atomic E-state index is 0.0312. The Bertz CT molecular complexity index is 726. The fourth-order valence-corrected chi connectivity index (χ4v) is 2.18. The zero-order valence-electron chi connectivity index (χ0n) is 11.8. The molecule has 1 heterocycles. The summed E-state index contributed by atoms with van der Waals surface area (Å²) in [7, 11) is 0. The summed E-state index contributed by atoms with van der Waals surface area (Å²) < 4.78 is 46.7. The Hall–Kier alpha value is -1.87. The molecule has 1 aromatic carbocycles. The van der Waals surface area contributed by atoms with Crippen LogP contribution in [0.3, 0.4) is 0 Å². The van der Waals surface area contributed by atoms with Crippen LogP contribution in [0, 0.1) is 0 Å². The number of nitrogens with zero attached hydrogens (tertiary/aromatic N) is 2. The number of benzene rings is 1. The van der Waals surface area contributed by atoms with Gasteiger partial charge >= 0.3 is 18.2 Å². The van der Waals surface area contributed by atoms with Crippen LogP contribution in [0.2, 0.25) is 5.02 Å². The quantitative estimate of drug-likeness (QED) is 0.644. The molecule has 2 aromatic rings. The lowest BCUT2D eigenvalue weighted by Gasteiger charge is -2.12. The second-order valence-corrected chi connectivity index (χ2v) is 5.69. The third kappa shape index (κ3) is 5.34. The molecule has 0 N–H and O–H groups in total. The van der Waals surface area contributed by atoms with Gasteiger partial charge in [-0.1, -0.05) is 17.7 Å². The third-order valence-corrected chi connectivity index (χ3v) is 3.45. The van der Waals surface area contributed by atoms with E-state index in [-0.39, 0.29) is 17.3 Å². The van der Waals surface area contributed by atoms with Crippen molar-refractivity contribution < 1.29 is 27.4 Å². The summed E-state index contributed by atoms with van der Waals surface area (Å²) in [6, 6.07) is 4.45. The lowest BCUT2D eigenvalue weighted by molar-refractivity contribution is -0.141. The second-order valence-electron chi connectivity index (χ2n) is 4.40. The Balaban J connectivity index is 2.16. The maximum Gasteiger partial charge on any atom is 0.392 e. The van der Waals surface area contributed by atoms with Gasteiger partial charge in [-0.2, -0.15) is 13.2 Å². The van der Waals surface area contributed by atoms with Gasteiger partial charge in [0.25, 0.3) is 0 Å².